The van der Waals surface area contributed by atoms with Crippen molar-refractivity contribution in [1.82, 2.24) is 0 Å². The molecular weight excluding hydrogens is 304 g/mol. The standard InChI is InChI=1S/C16H21BrO2/c1-19-16-5-4-13(17)8-12(16)9-15(18)14-7-10-2-3-11(14)6-10/h4-5,8,10-11,14-15,18H,2-3,6-7,9H2,1H3. The van der Waals surface area contributed by atoms with E-state index >= 15 is 0 Å². The number of methoxy groups -OCH3 is 1. The van der Waals surface area contributed by atoms with E-state index in [0.29, 0.717) is 12.3 Å². The van der Waals surface area contributed by atoms with Crippen molar-refractivity contribution in [2.45, 2.75) is 38.2 Å². The Labute approximate surface area is 123 Å². The molecule has 1 aromatic rings. The summed E-state index contributed by atoms with van der Waals surface area (Å²) in [6.45, 7) is 0. The molecular formula is C16H21BrO2. The smallest absolute Gasteiger partial charge is 0.122 e. The van der Waals surface area contributed by atoms with Gasteiger partial charge in [-0.05, 0) is 60.8 Å². The van der Waals surface area contributed by atoms with Gasteiger partial charge in [0.25, 0.3) is 0 Å². The molecule has 2 saturated carbocycles. The van der Waals surface area contributed by atoms with Crippen molar-refractivity contribution in [2.24, 2.45) is 17.8 Å². The quantitative estimate of drug-likeness (QED) is 0.912. The summed E-state index contributed by atoms with van der Waals surface area (Å²) in [5.74, 6) is 3.03. The number of rotatable bonds is 4. The van der Waals surface area contributed by atoms with Crippen molar-refractivity contribution in [2.75, 3.05) is 7.11 Å². The van der Waals surface area contributed by atoms with Crippen LogP contribution in [0.15, 0.2) is 22.7 Å². The van der Waals surface area contributed by atoms with Gasteiger partial charge in [0.05, 0.1) is 13.2 Å². The Morgan fingerprint density at radius 3 is 2.84 bits per heavy atom. The summed E-state index contributed by atoms with van der Waals surface area (Å²) in [7, 11) is 1.69. The maximum atomic E-state index is 10.6. The average molecular weight is 325 g/mol. The van der Waals surface area contributed by atoms with E-state index < -0.39 is 0 Å². The largest absolute Gasteiger partial charge is 0.496 e. The molecule has 1 aromatic carbocycles. The molecule has 0 aliphatic heterocycles. The van der Waals surface area contributed by atoms with Crippen LogP contribution in [-0.2, 0) is 6.42 Å². The third-order valence-electron chi connectivity index (χ3n) is 4.96. The maximum Gasteiger partial charge on any atom is 0.122 e. The van der Waals surface area contributed by atoms with E-state index in [4.69, 9.17) is 4.74 Å². The first kappa shape index (κ1) is 13.4. The van der Waals surface area contributed by atoms with Crippen LogP contribution in [0.5, 0.6) is 5.75 Å². The van der Waals surface area contributed by atoms with Crippen molar-refractivity contribution in [3.05, 3.63) is 28.2 Å². The molecule has 0 heterocycles. The minimum absolute atomic E-state index is 0.224. The van der Waals surface area contributed by atoms with E-state index in [-0.39, 0.29) is 6.10 Å². The van der Waals surface area contributed by atoms with Crippen LogP contribution in [0.3, 0.4) is 0 Å². The molecule has 4 unspecified atom stereocenters. The van der Waals surface area contributed by atoms with Gasteiger partial charge in [-0.2, -0.15) is 0 Å². The minimum atomic E-state index is -0.224. The van der Waals surface area contributed by atoms with Gasteiger partial charge in [0.15, 0.2) is 0 Å². The third kappa shape index (κ3) is 2.68. The second-order valence-electron chi connectivity index (χ2n) is 6.07. The van der Waals surface area contributed by atoms with E-state index in [1.165, 1.54) is 25.7 Å². The fourth-order valence-electron chi connectivity index (χ4n) is 4.05. The molecule has 2 aliphatic rings. The molecule has 3 heteroatoms. The van der Waals surface area contributed by atoms with Gasteiger partial charge in [0, 0.05) is 10.9 Å². The van der Waals surface area contributed by atoms with E-state index in [1.54, 1.807) is 7.11 Å². The van der Waals surface area contributed by atoms with Gasteiger partial charge in [-0.1, -0.05) is 22.4 Å². The van der Waals surface area contributed by atoms with Gasteiger partial charge < -0.3 is 9.84 Å². The van der Waals surface area contributed by atoms with Crippen molar-refractivity contribution < 1.29 is 9.84 Å². The Hall–Kier alpha value is -0.540. The van der Waals surface area contributed by atoms with Gasteiger partial charge >= 0.3 is 0 Å². The first-order chi connectivity index (χ1) is 9.17. The lowest BCUT2D eigenvalue weighted by Crippen LogP contribution is -2.27. The Bertz CT molecular complexity index is 460. The van der Waals surface area contributed by atoms with E-state index in [1.807, 2.05) is 12.1 Å². The number of halogens is 1. The lowest BCUT2D eigenvalue weighted by molar-refractivity contribution is 0.0745. The molecule has 2 bridgehead atoms. The van der Waals surface area contributed by atoms with Crippen LogP contribution in [0.25, 0.3) is 0 Å². The second-order valence-corrected chi connectivity index (χ2v) is 6.98. The maximum absolute atomic E-state index is 10.6. The summed E-state index contributed by atoms with van der Waals surface area (Å²) in [6.07, 6.45) is 5.75. The fraction of sp³-hybridized carbons (Fsp3) is 0.625. The number of aliphatic hydroxyl groups excluding tert-OH is 1. The normalized spacial score (nSPS) is 30.6. The molecule has 0 spiro atoms. The molecule has 0 aromatic heterocycles. The summed E-state index contributed by atoms with van der Waals surface area (Å²) in [6, 6.07) is 6.01. The van der Waals surface area contributed by atoms with Gasteiger partial charge in [0.1, 0.15) is 5.75 Å². The highest BCUT2D eigenvalue weighted by Gasteiger charge is 2.42. The summed E-state index contributed by atoms with van der Waals surface area (Å²) in [5.41, 5.74) is 1.10. The molecule has 104 valence electrons. The minimum Gasteiger partial charge on any atom is -0.496 e. The average Bonchev–Trinajstić information content (AvgIpc) is 3.01. The molecule has 2 nitrogen and oxygen atoms in total. The van der Waals surface area contributed by atoms with Gasteiger partial charge in [0.2, 0.25) is 0 Å². The highest BCUT2D eigenvalue weighted by molar-refractivity contribution is 9.10. The number of aliphatic hydroxyl groups is 1. The summed E-state index contributed by atoms with van der Waals surface area (Å²) in [4.78, 5) is 0. The lowest BCUT2D eigenvalue weighted by atomic mass is 9.82. The Morgan fingerprint density at radius 1 is 1.37 bits per heavy atom. The Balaban J connectivity index is 1.72. The van der Waals surface area contributed by atoms with E-state index in [9.17, 15) is 5.11 Å². The van der Waals surface area contributed by atoms with Crippen LogP contribution in [0, 0.1) is 17.8 Å². The zero-order chi connectivity index (χ0) is 13.4. The topological polar surface area (TPSA) is 29.5 Å². The fourth-order valence-corrected chi connectivity index (χ4v) is 4.46. The van der Waals surface area contributed by atoms with Crippen LogP contribution in [0.1, 0.15) is 31.2 Å². The highest BCUT2D eigenvalue weighted by Crippen LogP contribution is 2.50. The first-order valence-electron chi connectivity index (χ1n) is 7.18. The van der Waals surface area contributed by atoms with Crippen molar-refractivity contribution in [3.63, 3.8) is 0 Å². The number of ether oxygens (including phenoxy) is 1. The van der Waals surface area contributed by atoms with Gasteiger partial charge in [-0.3, -0.25) is 0 Å². The summed E-state index contributed by atoms with van der Waals surface area (Å²) < 4.78 is 6.44. The molecule has 4 atom stereocenters. The molecule has 0 amide bonds. The van der Waals surface area contributed by atoms with Gasteiger partial charge in [-0.25, -0.2) is 0 Å². The van der Waals surface area contributed by atoms with Crippen LogP contribution >= 0.6 is 15.9 Å². The highest BCUT2D eigenvalue weighted by atomic mass is 79.9. The van der Waals surface area contributed by atoms with E-state index in [0.717, 1.165) is 27.6 Å². The van der Waals surface area contributed by atoms with Crippen molar-refractivity contribution >= 4 is 15.9 Å². The molecule has 19 heavy (non-hydrogen) atoms. The predicted molar refractivity (Wildman–Crippen MR) is 79.3 cm³/mol. The van der Waals surface area contributed by atoms with Crippen LogP contribution in [0.2, 0.25) is 0 Å². The molecule has 1 N–H and O–H groups in total. The van der Waals surface area contributed by atoms with Gasteiger partial charge in [-0.15, -0.1) is 0 Å². The lowest BCUT2D eigenvalue weighted by Gasteiger charge is -2.27. The number of benzene rings is 1. The molecule has 3 rings (SSSR count). The Kier molecular flexibility index (Phi) is 3.86. The summed E-state index contributed by atoms with van der Waals surface area (Å²) >= 11 is 3.49. The number of hydrogen-bond acceptors (Lipinski definition) is 2. The second kappa shape index (κ2) is 5.45. The third-order valence-corrected chi connectivity index (χ3v) is 5.45. The first-order valence-corrected chi connectivity index (χ1v) is 7.97. The van der Waals surface area contributed by atoms with Crippen LogP contribution in [-0.4, -0.2) is 18.3 Å². The molecule has 2 fully saturated rings. The van der Waals surface area contributed by atoms with Crippen LogP contribution in [0.4, 0.5) is 0 Å². The monoisotopic (exact) mass is 324 g/mol. The van der Waals surface area contributed by atoms with Crippen LogP contribution < -0.4 is 4.74 Å². The predicted octanol–water partition coefficient (Wildman–Crippen LogP) is 3.80. The number of hydrogen-bond donors (Lipinski definition) is 1. The molecule has 0 saturated heterocycles. The molecule has 0 radical (unpaired) electrons. The zero-order valence-corrected chi connectivity index (χ0v) is 12.9. The van der Waals surface area contributed by atoms with Crippen molar-refractivity contribution in [1.29, 1.82) is 0 Å². The number of fused-ring (bicyclic) bond motifs is 2. The van der Waals surface area contributed by atoms with E-state index in [2.05, 4.69) is 22.0 Å². The SMILES string of the molecule is COc1ccc(Br)cc1CC(O)C1CC2CCC1C2. The zero-order valence-electron chi connectivity index (χ0n) is 11.3. The molecule has 2 aliphatic carbocycles. The Morgan fingerprint density at radius 2 is 2.21 bits per heavy atom. The van der Waals surface area contributed by atoms with Crippen molar-refractivity contribution in [3.8, 4) is 5.75 Å². The summed E-state index contributed by atoms with van der Waals surface area (Å²) in [5, 5.41) is 10.6.